The molecule has 1 N–H and O–H groups in total. The number of nitrogens with zero attached hydrogens (tertiary/aromatic N) is 1. The Kier molecular flexibility index (Phi) is 6.40. The van der Waals surface area contributed by atoms with Crippen LogP contribution in [0, 0.1) is 11.3 Å². The van der Waals surface area contributed by atoms with E-state index < -0.39 is 0 Å². The smallest absolute Gasteiger partial charge is 0.267 e. The number of thiophene rings is 1. The van der Waals surface area contributed by atoms with Gasteiger partial charge in [0.25, 0.3) is 5.91 Å². The van der Waals surface area contributed by atoms with E-state index in [9.17, 15) is 4.79 Å². The van der Waals surface area contributed by atoms with Gasteiger partial charge in [0.05, 0.1) is 5.56 Å². The van der Waals surface area contributed by atoms with Gasteiger partial charge in [-0.2, -0.15) is 5.10 Å². The molecule has 1 aliphatic rings. The second-order valence-electron chi connectivity index (χ2n) is 7.29. The minimum atomic E-state index is -0.0767. The summed E-state index contributed by atoms with van der Waals surface area (Å²) in [7, 11) is 0. The zero-order valence-electron chi connectivity index (χ0n) is 14.9. The molecular formula is C19H30N2OS. The number of carbonyl (C=O) groups is 1. The van der Waals surface area contributed by atoms with Gasteiger partial charge in [0.15, 0.2) is 0 Å². The number of nitrogens with one attached hydrogen (secondary N) is 1. The Morgan fingerprint density at radius 1 is 1.35 bits per heavy atom. The normalized spacial score (nSPS) is 18.8. The number of hydrogen-bond acceptors (Lipinski definition) is 3. The van der Waals surface area contributed by atoms with E-state index in [1.54, 1.807) is 11.3 Å². The molecule has 1 aromatic rings. The van der Waals surface area contributed by atoms with Crippen LogP contribution in [0.3, 0.4) is 0 Å². The first kappa shape index (κ1) is 18.2. The summed E-state index contributed by atoms with van der Waals surface area (Å²) >= 11 is 1.66. The highest BCUT2D eigenvalue weighted by Crippen LogP contribution is 2.39. The maximum atomic E-state index is 12.2. The Hall–Kier alpha value is -1.16. The lowest BCUT2D eigenvalue weighted by molar-refractivity contribution is 0.0954. The highest BCUT2D eigenvalue weighted by Gasteiger charge is 2.30. The first-order chi connectivity index (χ1) is 11.0. The quantitative estimate of drug-likeness (QED) is 0.694. The lowest BCUT2D eigenvalue weighted by atomic mass is 9.69. The van der Waals surface area contributed by atoms with Gasteiger partial charge in [-0.1, -0.05) is 40.5 Å². The Morgan fingerprint density at radius 3 is 2.65 bits per heavy atom. The number of rotatable bonds is 6. The highest BCUT2D eigenvalue weighted by atomic mass is 32.1. The monoisotopic (exact) mass is 334 g/mol. The van der Waals surface area contributed by atoms with Crippen molar-refractivity contribution in [1.82, 2.24) is 5.43 Å². The van der Waals surface area contributed by atoms with Crippen molar-refractivity contribution in [2.75, 3.05) is 0 Å². The number of carbonyl (C=O) groups excluding carboxylic acids is 1. The molecule has 1 saturated carbocycles. The summed E-state index contributed by atoms with van der Waals surface area (Å²) in [5, 5.41) is 6.31. The van der Waals surface area contributed by atoms with Crippen molar-refractivity contribution in [1.29, 1.82) is 0 Å². The van der Waals surface area contributed by atoms with Crippen LogP contribution in [0.5, 0.6) is 0 Å². The minimum absolute atomic E-state index is 0.0767. The molecule has 0 bridgehead atoms. The van der Waals surface area contributed by atoms with Gasteiger partial charge in [-0.25, -0.2) is 5.43 Å². The molecule has 1 fully saturated rings. The molecule has 1 heterocycles. The van der Waals surface area contributed by atoms with Crippen LogP contribution in [0.2, 0.25) is 0 Å². The van der Waals surface area contributed by atoms with Gasteiger partial charge in [0, 0.05) is 16.0 Å². The fourth-order valence-corrected chi connectivity index (χ4v) is 4.17. The second kappa shape index (κ2) is 8.09. The van der Waals surface area contributed by atoms with Crippen LogP contribution in [0.25, 0.3) is 0 Å². The molecule has 1 aliphatic carbocycles. The van der Waals surface area contributed by atoms with E-state index in [0.29, 0.717) is 5.41 Å². The fraction of sp³-hybridized carbons (Fsp3) is 0.684. The summed E-state index contributed by atoms with van der Waals surface area (Å²) in [6.45, 7) is 9.16. The molecule has 0 radical (unpaired) electrons. The van der Waals surface area contributed by atoms with E-state index in [-0.39, 0.29) is 5.91 Å². The van der Waals surface area contributed by atoms with Gasteiger partial charge in [0.2, 0.25) is 0 Å². The van der Waals surface area contributed by atoms with E-state index >= 15 is 0 Å². The molecule has 0 aromatic carbocycles. The number of hydrogen-bond donors (Lipinski definition) is 1. The zero-order valence-corrected chi connectivity index (χ0v) is 15.8. The van der Waals surface area contributed by atoms with Crippen molar-refractivity contribution in [2.24, 2.45) is 16.4 Å². The van der Waals surface area contributed by atoms with Crippen molar-refractivity contribution in [2.45, 2.75) is 72.6 Å². The molecular weight excluding hydrogens is 304 g/mol. The van der Waals surface area contributed by atoms with E-state index in [1.165, 1.54) is 24.1 Å². The topological polar surface area (TPSA) is 41.5 Å². The molecule has 1 aromatic heterocycles. The maximum absolute atomic E-state index is 12.2. The Labute approximate surface area is 144 Å². The number of hydrazone groups is 1. The van der Waals surface area contributed by atoms with E-state index in [2.05, 4.69) is 38.2 Å². The fourth-order valence-electron chi connectivity index (χ4n) is 3.20. The van der Waals surface area contributed by atoms with Crippen molar-refractivity contribution >= 4 is 23.0 Å². The summed E-state index contributed by atoms with van der Waals surface area (Å²) in [6.07, 6.45) is 7.78. The van der Waals surface area contributed by atoms with Crippen LogP contribution in [0.4, 0.5) is 0 Å². The first-order valence-corrected chi connectivity index (χ1v) is 9.77. The molecule has 0 unspecified atom stereocenters. The van der Waals surface area contributed by atoms with Crippen LogP contribution in [-0.4, -0.2) is 11.6 Å². The summed E-state index contributed by atoms with van der Waals surface area (Å²) < 4.78 is 0. The Bertz CT molecular complexity index is 549. The number of aryl methyl sites for hydroxylation is 1. The lowest BCUT2D eigenvalue weighted by Crippen LogP contribution is -2.29. The summed E-state index contributed by atoms with van der Waals surface area (Å²) in [5.41, 5.74) is 5.05. The van der Waals surface area contributed by atoms with E-state index in [4.69, 9.17) is 0 Å². The molecule has 3 nitrogen and oxygen atoms in total. The molecule has 128 valence electrons. The van der Waals surface area contributed by atoms with Crippen LogP contribution in [-0.2, 0) is 6.42 Å². The van der Waals surface area contributed by atoms with Gasteiger partial charge in [-0.05, 0) is 49.5 Å². The van der Waals surface area contributed by atoms with Gasteiger partial charge in [-0.15, -0.1) is 11.3 Å². The first-order valence-electron chi connectivity index (χ1n) is 8.89. The summed E-state index contributed by atoms with van der Waals surface area (Å²) in [4.78, 5) is 13.4. The minimum Gasteiger partial charge on any atom is -0.267 e. The van der Waals surface area contributed by atoms with Gasteiger partial charge < -0.3 is 0 Å². The largest absolute Gasteiger partial charge is 0.272 e. The predicted molar refractivity (Wildman–Crippen MR) is 99.2 cm³/mol. The third kappa shape index (κ3) is 4.90. The van der Waals surface area contributed by atoms with Crippen molar-refractivity contribution in [3.63, 3.8) is 0 Å². The molecule has 23 heavy (non-hydrogen) atoms. The molecule has 1 amide bonds. The van der Waals surface area contributed by atoms with Crippen LogP contribution in [0.15, 0.2) is 16.5 Å². The SMILES string of the molecule is CCCc1cc(C(=O)NN=C2CCC(C(C)(C)CC)CC2)cs1. The van der Waals surface area contributed by atoms with Crippen LogP contribution >= 0.6 is 11.3 Å². The third-order valence-electron chi connectivity index (χ3n) is 5.31. The Morgan fingerprint density at radius 2 is 2.04 bits per heavy atom. The maximum Gasteiger partial charge on any atom is 0.272 e. The third-order valence-corrected chi connectivity index (χ3v) is 6.30. The van der Waals surface area contributed by atoms with Crippen LogP contribution in [0.1, 0.15) is 81.5 Å². The summed E-state index contributed by atoms with van der Waals surface area (Å²) in [5.74, 6) is 0.697. The van der Waals surface area contributed by atoms with Crippen molar-refractivity contribution < 1.29 is 4.79 Å². The lowest BCUT2D eigenvalue weighted by Gasteiger charge is -2.36. The molecule has 0 aliphatic heterocycles. The van der Waals surface area contributed by atoms with Crippen molar-refractivity contribution in [3.8, 4) is 0 Å². The number of amides is 1. The summed E-state index contributed by atoms with van der Waals surface area (Å²) in [6, 6.07) is 1.99. The van der Waals surface area contributed by atoms with Crippen molar-refractivity contribution in [3.05, 3.63) is 21.9 Å². The Balaban J connectivity index is 1.85. The molecule has 4 heteroatoms. The van der Waals surface area contributed by atoms with E-state index in [0.717, 1.165) is 42.9 Å². The van der Waals surface area contributed by atoms with Gasteiger partial charge in [0.1, 0.15) is 0 Å². The molecule has 0 spiro atoms. The molecule has 0 saturated heterocycles. The standard InChI is InChI=1S/C19H30N2OS/c1-5-7-17-12-14(13-23-17)18(22)21-20-16-10-8-15(9-11-16)19(3,4)6-2/h12-13,15H,5-11H2,1-4H3,(H,21,22). The highest BCUT2D eigenvalue weighted by molar-refractivity contribution is 7.10. The van der Waals surface area contributed by atoms with Gasteiger partial charge in [-0.3, -0.25) is 4.79 Å². The van der Waals surface area contributed by atoms with Gasteiger partial charge >= 0.3 is 0 Å². The molecule has 2 rings (SSSR count). The average molecular weight is 335 g/mol. The predicted octanol–water partition coefficient (Wildman–Crippen LogP) is 5.41. The average Bonchev–Trinajstić information content (AvgIpc) is 3.02. The zero-order chi connectivity index (χ0) is 16.9. The molecule has 0 atom stereocenters. The van der Waals surface area contributed by atoms with Crippen LogP contribution < -0.4 is 5.43 Å². The van der Waals surface area contributed by atoms with E-state index in [1.807, 2.05) is 11.4 Å². The second-order valence-corrected chi connectivity index (χ2v) is 8.28.